The number of nitrogens with zero attached hydrogens (tertiary/aromatic N) is 2. The van der Waals surface area contributed by atoms with Gasteiger partial charge in [-0.3, -0.25) is 9.80 Å². The summed E-state index contributed by atoms with van der Waals surface area (Å²) in [5, 5.41) is 2.10. The molecule has 6 bridgehead atoms. The molecule has 2 unspecified atom stereocenters. The van der Waals surface area contributed by atoms with Gasteiger partial charge in [0.05, 0.1) is 21.3 Å². The Morgan fingerprint density at radius 2 is 1.47 bits per heavy atom. The Morgan fingerprint density at radius 1 is 0.744 bits per heavy atom. The van der Waals surface area contributed by atoms with Gasteiger partial charge in [0.15, 0.2) is 23.0 Å². The van der Waals surface area contributed by atoms with Gasteiger partial charge in [-0.2, -0.15) is 0 Å². The van der Waals surface area contributed by atoms with E-state index in [1.807, 2.05) is 0 Å². The molecule has 0 aliphatic carbocycles. The SMILES string of the molecule is COc1cc2c3cc1Oc1c(OC)c(OC)cc4c1C(Cc1cc(cs1)Oc1ccc(cc1)CC3N(C)CC2)N(C)CC4. The minimum atomic E-state index is 0.0747. The minimum absolute atomic E-state index is 0.0747. The predicted octanol–water partition coefficient (Wildman–Crippen LogP) is 7.22. The van der Waals surface area contributed by atoms with Crippen LogP contribution in [0.3, 0.4) is 0 Å². The highest BCUT2D eigenvalue weighted by Gasteiger charge is 2.34. The summed E-state index contributed by atoms with van der Waals surface area (Å²) in [6.07, 6.45) is 3.54. The topological polar surface area (TPSA) is 52.6 Å². The first-order chi connectivity index (χ1) is 20.9. The maximum Gasteiger partial charge on any atom is 0.204 e. The van der Waals surface area contributed by atoms with Crippen LogP contribution in [0, 0.1) is 0 Å². The third kappa shape index (κ3) is 5.11. The molecule has 0 saturated carbocycles. The molecule has 8 heteroatoms. The molecule has 43 heavy (non-hydrogen) atoms. The van der Waals surface area contributed by atoms with Crippen molar-refractivity contribution in [1.29, 1.82) is 0 Å². The summed E-state index contributed by atoms with van der Waals surface area (Å²) in [7, 11) is 9.47. The molecule has 0 saturated heterocycles. The second-order valence-electron chi connectivity index (χ2n) is 11.7. The second-order valence-corrected chi connectivity index (χ2v) is 12.7. The fourth-order valence-electron chi connectivity index (χ4n) is 6.85. The quantitative estimate of drug-likeness (QED) is 0.247. The number of methoxy groups -OCH3 is 3. The summed E-state index contributed by atoms with van der Waals surface area (Å²) in [5.74, 6) is 5.09. The minimum Gasteiger partial charge on any atom is -0.493 e. The molecule has 4 aliphatic rings. The lowest BCUT2D eigenvalue weighted by atomic mass is 9.88. The molecule has 8 rings (SSSR count). The van der Waals surface area contributed by atoms with Crippen molar-refractivity contribution in [3.05, 3.63) is 86.6 Å². The van der Waals surface area contributed by atoms with Crippen molar-refractivity contribution in [2.45, 2.75) is 37.8 Å². The van der Waals surface area contributed by atoms with Crippen LogP contribution in [-0.4, -0.2) is 58.3 Å². The Kier molecular flexibility index (Phi) is 7.45. The highest BCUT2D eigenvalue weighted by atomic mass is 32.1. The van der Waals surface area contributed by atoms with E-state index in [0.717, 1.165) is 61.6 Å². The predicted molar refractivity (Wildman–Crippen MR) is 169 cm³/mol. The standard InChI is InChI=1S/C35H38N2O5S/c1-36-12-10-22-15-30(38-3)31-19-27(22)28(36)14-21-6-8-24(9-7-21)41-25-17-26(43-20-25)18-29-33-23(11-13-37(29)2)16-32(39-4)34(40-5)35(33)42-31/h6-9,15-17,19-20,28-29H,10-14,18H2,1-5H3. The van der Waals surface area contributed by atoms with Gasteiger partial charge in [-0.25, -0.2) is 0 Å². The summed E-state index contributed by atoms with van der Waals surface area (Å²) < 4.78 is 31.1. The average Bonchev–Trinajstić information content (AvgIpc) is 3.46. The number of hydrogen-bond donors (Lipinski definition) is 0. The maximum atomic E-state index is 7.00. The Balaban J connectivity index is 1.45. The van der Waals surface area contributed by atoms with Crippen molar-refractivity contribution < 1.29 is 23.7 Å². The molecule has 0 fully saturated rings. The van der Waals surface area contributed by atoms with Crippen LogP contribution in [0.5, 0.6) is 40.2 Å². The monoisotopic (exact) mass is 598 g/mol. The number of rotatable bonds is 3. The molecule has 1 aromatic heterocycles. The lowest BCUT2D eigenvalue weighted by molar-refractivity contribution is 0.221. The lowest BCUT2D eigenvalue weighted by Crippen LogP contribution is -2.34. The van der Waals surface area contributed by atoms with Gasteiger partial charge in [-0.1, -0.05) is 12.1 Å². The van der Waals surface area contributed by atoms with Crippen molar-refractivity contribution >= 4 is 11.3 Å². The molecule has 7 nitrogen and oxygen atoms in total. The molecule has 224 valence electrons. The van der Waals surface area contributed by atoms with E-state index in [9.17, 15) is 0 Å². The van der Waals surface area contributed by atoms with Crippen LogP contribution in [-0.2, 0) is 25.7 Å². The van der Waals surface area contributed by atoms with Crippen LogP contribution in [0.15, 0.2) is 53.9 Å². The van der Waals surface area contributed by atoms with E-state index in [0.29, 0.717) is 23.0 Å². The lowest BCUT2D eigenvalue weighted by Gasteiger charge is -2.37. The first kappa shape index (κ1) is 28.1. The Bertz CT molecular complexity index is 1650. The van der Waals surface area contributed by atoms with Crippen molar-refractivity contribution in [1.82, 2.24) is 9.80 Å². The van der Waals surface area contributed by atoms with Gasteiger partial charge < -0.3 is 23.7 Å². The summed E-state index contributed by atoms with van der Waals surface area (Å²) >= 11 is 1.73. The Hall–Kier alpha value is -3.72. The third-order valence-corrected chi connectivity index (χ3v) is 10.2. The molecular formula is C35H38N2O5S. The average molecular weight is 599 g/mol. The number of ether oxygens (including phenoxy) is 5. The smallest absolute Gasteiger partial charge is 0.204 e. The van der Waals surface area contributed by atoms with Crippen LogP contribution >= 0.6 is 11.3 Å². The zero-order valence-corrected chi connectivity index (χ0v) is 26.3. The van der Waals surface area contributed by atoms with E-state index in [2.05, 4.69) is 77.8 Å². The Morgan fingerprint density at radius 3 is 2.21 bits per heavy atom. The van der Waals surface area contributed by atoms with Crippen LogP contribution in [0.2, 0.25) is 0 Å². The molecule has 0 radical (unpaired) electrons. The summed E-state index contributed by atoms with van der Waals surface area (Å²) in [6, 6.07) is 17.4. The molecule has 0 spiro atoms. The van der Waals surface area contributed by atoms with Crippen LogP contribution in [0.4, 0.5) is 0 Å². The van der Waals surface area contributed by atoms with Gasteiger partial charge in [0.2, 0.25) is 5.75 Å². The van der Waals surface area contributed by atoms with Crippen molar-refractivity contribution in [2.75, 3.05) is 48.5 Å². The van der Waals surface area contributed by atoms with Crippen LogP contribution < -0.4 is 23.7 Å². The molecule has 0 N–H and O–H groups in total. The first-order valence-corrected chi connectivity index (χ1v) is 15.7. The summed E-state index contributed by atoms with van der Waals surface area (Å²) in [4.78, 5) is 6.09. The van der Waals surface area contributed by atoms with Gasteiger partial charge in [-0.15, -0.1) is 11.3 Å². The zero-order chi connectivity index (χ0) is 29.7. The van der Waals surface area contributed by atoms with Gasteiger partial charge in [0, 0.05) is 47.4 Å². The molecule has 4 aromatic rings. The number of benzene rings is 3. The normalized spacial score (nSPS) is 19.8. The van der Waals surface area contributed by atoms with Crippen LogP contribution in [0.25, 0.3) is 0 Å². The number of likely N-dealkylation sites (N-methyl/N-ethyl adjacent to an activating group) is 2. The van der Waals surface area contributed by atoms with Crippen molar-refractivity contribution in [2.24, 2.45) is 0 Å². The molecule has 5 heterocycles. The van der Waals surface area contributed by atoms with Gasteiger partial charge in [0.1, 0.15) is 11.5 Å². The van der Waals surface area contributed by atoms with E-state index < -0.39 is 0 Å². The van der Waals surface area contributed by atoms with Gasteiger partial charge in [0.25, 0.3) is 0 Å². The van der Waals surface area contributed by atoms with E-state index in [4.69, 9.17) is 23.7 Å². The molecular weight excluding hydrogens is 560 g/mol. The first-order valence-electron chi connectivity index (χ1n) is 14.9. The number of thiophene rings is 1. The van der Waals surface area contributed by atoms with Gasteiger partial charge >= 0.3 is 0 Å². The van der Waals surface area contributed by atoms with E-state index in [1.54, 1.807) is 32.7 Å². The molecule has 4 aliphatic heterocycles. The highest BCUT2D eigenvalue weighted by molar-refractivity contribution is 7.10. The van der Waals surface area contributed by atoms with E-state index in [-0.39, 0.29) is 12.1 Å². The fraction of sp³-hybridized carbons (Fsp3) is 0.371. The molecule has 2 atom stereocenters. The molecule has 3 aromatic carbocycles. The number of fused-ring (bicyclic) bond motifs is 2. The number of hydrogen-bond acceptors (Lipinski definition) is 8. The largest absolute Gasteiger partial charge is 0.493 e. The van der Waals surface area contributed by atoms with Crippen molar-refractivity contribution in [3.8, 4) is 40.2 Å². The summed E-state index contributed by atoms with van der Waals surface area (Å²) in [6.45, 7) is 1.91. The van der Waals surface area contributed by atoms with E-state index >= 15 is 0 Å². The fourth-order valence-corrected chi connectivity index (χ4v) is 7.67. The van der Waals surface area contributed by atoms with Crippen molar-refractivity contribution in [3.63, 3.8) is 0 Å². The second kappa shape index (κ2) is 11.4. The molecule has 0 amide bonds. The van der Waals surface area contributed by atoms with Crippen LogP contribution in [0.1, 0.15) is 44.8 Å². The van der Waals surface area contributed by atoms with Gasteiger partial charge in [-0.05, 0) is 92.0 Å². The third-order valence-electron chi connectivity index (χ3n) is 9.22. The summed E-state index contributed by atoms with van der Waals surface area (Å²) in [5.41, 5.74) is 6.17. The maximum absolute atomic E-state index is 7.00. The van der Waals surface area contributed by atoms with E-state index in [1.165, 1.54) is 27.1 Å². The Labute approximate surface area is 257 Å². The zero-order valence-electron chi connectivity index (χ0n) is 25.4. The highest BCUT2D eigenvalue weighted by Crippen LogP contribution is 2.52.